The van der Waals surface area contributed by atoms with Gasteiger partial charge in [-0.3, -0.25) is 9.69 Å². The number of piperazine rings is 1. The molecule has 1 amide bonds. The van der Waals surface area contributed by atoms with Crippen molar-refractivity contribution in [3.8, 4) is 5.75 Å². The summed E-state index contributed by atoms with van der Waals surface area (Å²) in [6, 6.07) is 11.0. The summed E-state index contributed by atoms with van der Waals surface area (Å²) in [5.41, 5.74) is 2.81. The second-order valence-electron chi connectivity index (χ2n) is 12.2. The predicted octanol–water partition coefficient (Wildman–Crippen LogP) is 7.16. The molecule has 1 aliphatic heterocycles. The molecular weight excluding hydrogens is 607 g/mol. The lowest BCUT2D eigenvalue weighted by atomic mass is 9.97. The summed E-state index contributed by atoms with van der Waals surface area (Å²) in [7, 11) is 3.00. The number of anilines is 5. The first-order chi connectivity index (χ1) is 22.5. The van der Waals surface area contributed by atoms with Crippen LogP contribution in [-0.2, 0) is 6.18 Å². The van der Waals surface area contributed by atoms with E-state index < -0.39 is 23.5 Å². The van der Waals surface area contributed by atoms with Crippen LogP contribution < -0.4 is 25.6 Å². The number of hydrogen-bond acceptors (Lipinski definition) is 8. The Labute approximate surface area is 274 Å². The zero-order valence-corrected chi connectivity index (χ0v) is 27.7. The summed E-state index contributed by atoms with van der Waals surface area (Å²) in [5, 5.41) is 8.30. The fourth-order valence-electron chi connectivity index (χ4n) is 6.92. The minimum Gasteiger partial charge on any atom is -0.494 e. The lowest BCUT2D eigenvalue weighted by Crippen LogP contribution is -2.51. The number of nitrogens with zero attached hydrogens (tertiary/aromatic N) is 4. The Morgan fingerprint density at radius 1 is 1.09 bits per heavy atom. The van der Waals surface area contributed by atoms with E-state index in [4.69, 9.17) is 4.74 Å². The molecule has 3 atom stereocenters. The van der Waals surface area contributed by atoms with Crippen LogP contribution in [0.25, 0.3) is 0 Å². The van der Waals surface area contributed by atoms with E-state index in [9.17, 15) is 18.0 Å². The fraction of sp³-hybridized carbons (Fsp3) is 0.457. The number of carbonyl (C=O) groups is 1. The first-order valence-electron chi connectivity index (χ1n) is 16.1. The first-order valence-corrected chi connectivity index (χ1v) is 16.1. The van der Waals surface area contributed by atoms with E-state index in [1.54, 1.807) is 26.2 Å². The molecule has 3 N–H and O–H groups in total. The SMILES string of the molecule is C=C1C(CC)CC(CC)[C@H]1N1CCN(c2ccc(Nc3ncc(C(F)(F)F)c(Nc4c(C)cccc4C(=O)NC)n3)c(OC)c2)CC1. The topological polar surface area (TPSA) is 94.7 Å². The number of aromatic nitrogens is 2. The van der Waals surface area contributed by atoms with Crippen molar-refractivity contribution < 1.29 is 22.7 Å². The van der Waals surface area contributed by atoms with Crippen molar-refractivity contribution in [2.24, 2.45) is 11.8 Å². The van der Waals surface area contributed by atoms with Crippen molar-refractivity contribution in [1.29, 1.82) is 0 Å². The van der Waals surface area contributed by atoms with E-state index >= 15 is 0 Å². The zero-order valence-electron chi connectivity index (χ0n) is 27.7. The van der Waals surface area contributed by atoms with Gasteiger partial charge in [0.15, 0.2) is 0 Å². The highest BCUT2D eigenvalue weighted by Crippen LogP contribution is 2.42. The Hall–Kier alpha value is -4.32. The van der Waals surface area contributed by atoms with Gasteiger partial charge in [-0.2, -0.15) is 18.2 Å². The molecule has 3 aromatic rings. The maximum absolute atomic E-state index is 14.0. The highest BCUT2D eigenvalue weighted by molar-refractivity contribution is 6.00. The molecule has 0 bridgehead atoms. The van der Waals surface area contributed by atoms with Crippen LogP contribution in [0.15, 0.2) is 54.7 Å². The van der Waals surface area contributed by atoms with Gasteiger partial charge >= 0.3 is 6.18 Å². The largest absolute Gasteiger partial charge is 0.494 e. The van der Waals surface area contributed by atoms with Crippen molar-refractivity contribution in [2.45, 2.75) is 52.3 Å². The van der Waals surface area contributed by atoms with Gasteiger partial charge in [0.25, 0.3) is 5.91 Å². The van der Waals surface area contributed by atoms with E-state index in [-0.39, 0.29) is 17.2 Å². The summed E-state index contributed by atoms with van der Waals surface area (Å²) in [6.45, 7) is 14.3. The van der Waals surface area contributed by atoms with Crippen molar-refractivity contribution in [2.75, 3.05) is 55.9 Å². The Kier molecular flexibility index (Phi) is 10.3. The number of ether oxygens (including phenoxy) is 1. The predicted molar refractivity (Wildman–Crippen MR) is 180 cm³/mol. The average Bonchev–Trinajstić information content (AvgIpc) is 3.40. The van der Waals surface area contributed by atoms with Crippen LogP contribution in [0.3, 0.4) is 0 Å². The summed E-state index contributed by atoms with van der Waals surface area (Å²) >= 11 is 0. The summed E-state index contributed by atoms with van der Waals surface area (Å²) in [5.74, 6) is 0.774. The zero-order chi connectivity index (χ0) is 33.9. The summed E-state index contributed by atoms with van der Waals surface area (Å²) in [4.78, 5) is 25.6. The number of methoxy groups -OCH3 is 1. The summed E-state index contributed by atoms with van der Waals surface area (Å²) < 4.78 is 47.8. The second kappa shape index (κ2) is 14.2. The van der Waals surface area contributed by atoms with E-state index in [1.165, 1.54) is 25.1 Å². The molecule has 0 radical (unpaired) electrons. The van der Waals surface area contributed by atoms with E-state index in [1.807, 2.05) is 18.2 Å². The minimum absolute atomic E-state index is 0.0668. The smallest absolute Gasteiger partial charge is 0.421 e. The maximum atomic E-state index is 14.0. The maximum Gasteiger partial charge on any atom is 0.421 e. The number of para-hydroxylation sites is 1. The number of carbonyl (C=O) groups excluding carboxylic acids is 1. The summed E-state index contributed by atoms with van der Waals surface area (Å²) in [6.07, 6.45) is -0.478. The lowest BCUT2D eigenvalue weighted by molar-refractivity contribution is -0.137. The van der Waals surface area contributed by atoms with Crippen molar-refractivity contribution >= 4 is 34.7 Å². The molecule has 1 saturated heterocycles. The van der Waals surface area contributed by atoms with Crippen LogP contribution in [0, 0.1) is 18.8 Å². The number of benzene rings is 2. The highest BCUT2D eigenvalue weighted by Gasteiger charge is 2.40. The molecule has 252 valence electrons. The van der Waals surface area contributed by atoms with Crippen molar-refractivity contribution in [1.82, 2.24) is 20.2 Å². The number of nitrogens with one attached hydrogen (secondary N) is 3. The van der Waals surface area contributed by atoms with Crippen LogP contribution in [0.5, 0.6) is 5.75 Å². The molecule has 1 aliphatic carbocycles. The third kappa shape index (κ3) is 7.17. The molecule has 2 fully saturated rings. The quantitative estimate of drug-likeness (QED) is 0.199. The van der Waals surface area contributed by atoms with E-state index in [0.29, 0.717) is 34.9 Å². The molecule has 2 aromatic carbocycles. The van der Waals surface area contributed by atoms with Crippen LogP contribution in [-0.4, -0.2) is 67.2 Å². The Bertz CT molecular complexity index is 1600. The monoisotopic (exact) mass is 651 g/mol. The minimum atomic E-state index is -4.74. The lowest BCUT2D eigenvalue weighted by Gasteiger charge is -2.41. The molecule has 47 heavy (non-hydrogen) atoms. The third-order valence-corrected chi connectivity index (χ3v) is 9.54. The second-order valence-corrected chi connectivity index (χ2v) is 12.2. The molecule has 5 rings (SSSR count). The standard InChI is InChI=1S/C35H44F3N7O2/c1-7-23-18-24(8-2)31(22(23)4)45-16-14-44(15-17-45)25-12-13-28(29(19-25)47-6)41-34-40-20-27(35(36,37)38)32(43-34)42-30-21(3)10-9-11-26(30)33(46)39-5/h9-13,19-20,23-24,31H,4,7-8,14-18H2,1-3,5-6H3,(H,39,46)(H2,40,41,42,43)/t23?,24?,31-/m0/s1. The molecule has 12 heteroatoms. The van der Waals surface area contributed by atoms with Gasteiger partial charge in [0.05, 0.1) is 24.0 Å². The average molecular weight is 652 g/mol. The number of alkyl halides is 3. The van der Waals surface area contributed by atoms with Gasteiger partial charge in [-0.25, -0.2) is 4.98 Å². The van der Waals surface area contributed by atoms with Crippen LogP contribution in [0.1, 0.15) is 54.6 Å². The number of aryl methyl sites for hydroxylation is 1. The fourth-order valence-corrected chi connectivity index (χ4v) is 6.92. The highest BCUT2D eigenvalue weighted by atomic mass is 19.4. The first kappa shape index (κ1) is 34.0. The Morgan fingerprint density at radius 3 is 2.47 bits per heavy atom. The van der Waals surface area contributed by atoms with E-state index in [2.05, 4.69) is 56.1 Å². The number of rotatable bonds is 10. The number of amides is 1. The van der Waals surface area contributed by atoms with Gasteiger partial charge in [0, 0.05) is 57.2 Å². The van der Waals surface area contributed by atoms with Crippen LogP contribution in [0.4, 0.5) is 42.0 Å². The molecule has 1 aromatic heterocycles. The molecule has 9 nitrogen and oxygen atoms in total. The van der Waals surface area contributed by atoms with Gasteiger partial charge < -0.3 is 25.6 Å². The van der Waals surface area contributed by atoms with E-state index in [0.717, 1.165) is 50.9 Å². The van der Waals surface area contributed by atoms with Crippen molar-refractivity contribution in [3.63, 3.8) is 0 Å². The molecule has 2 unspecified atom stereocenters. The Morgan fingerprint density at radius 2 is 1.83 bits per heavy atom. The Balaban J connectivity index is 1.34. The normalized spacial score (nSPS) is 20.3. The van der Waals surface area contributed by atoms with Gasteiger partial charge in [-0.05, 0) is 55.4 Å². The molecular formula is C35H44F3N7O2. The van der Waals surface area contributed by atoms with Crippen LogP contribution in [0.2, 0.25) is 0 Å². The van der Waals surface area contributed by atoms with Gasteiger partial charge in [0.1, 0.15) is 17.1 Å². The molecule has 0 spiro atoms. The molecule has 2 heterocycles. The van der Waals surface area contributed by atoms with Crippen molar-refractivity contribution in [3.05, 3.63) is 71.4 Å². The van der Waals surface area contributed by atoms with Gasteiger partial charge in [0.2, 0.25) is 5.95 Å². The molecule has 2 aliphatic rings. The van der Waals surface area contributed by atoms with Gasteiger partial charge in [-0.1, -0.05) is 44.6 Å². The van der Waals surface area contributed by atoms with Gasteiger partial charge in [-0.15, -0.1) is 0 Å². The third-order valence-electron chi connectivity index (χ3n) is 9.54. The number of halogens is 3. The van der Waals surface area contributed by atoms with Crippen LogP contribution >= 0.6 is 0 Å². The molecule has 1 saturated carbocycles. The number of hydrogen-bond donors (Lipinski definition) is 3.